The fourth-order valence-electron chi connectivity index (χ4n) is 3.81. The van der Waals surface area contributed by atoms with Crippen molar-refractivity contribution < 1.29 is 4.79 Å². The lowest BCUT2D eigenvalue weighted by Crippen LogP contribution is -2.37. The van der Waals surface area contributed by atoms with Gasteiger partial charge in [0.2, 0.25) is 5.91 Å². The Morgan fingerprint density at radius 1 is 1.28 bits per heavy atom. The second-order valence-electron chi connectivity index (χ2n) is 7.01. The van der Waals surface area contributed by atoms with E-state index in [9.17, 15) is 9.59 Å². The highest BCUT2D eigenvalue weighted by Crippen LogP contribution is 2.34. The van der Waals surface area contributed by atoms with Gasteiger partial charge in [0.15, 0.2) is 5.16 Å². The van der Waals surface area contributed by atoms with Gasteiger partial charge in [0.1, 0.15) is 4.83 Å². The van der Waals surface area contributed by atoms with E-state index in [2.05, 4.69) is 15.3 Å². The van der Waals surface area contributed by atoms with E-state index in [1.54, 1.807) is 11.3 Å². The second-order valence-corrected chi connectivity index (χ2v) is 9.43. The fourth-order valence-corrected chi connectivity index (χ4v) is 5.94. The molecule has 1 unspecified atom stereocenters. The zero-order valence-electron chi connectivity index (χ0n) is 14.4. The van der Waals surface area contributed by atoms with Crippen LogP contribution >= 0.6 is 23.1 Å². The van der Waals surface area contributed by atoms with Gasteiger partial charge in [-0.3, -0.25) is 9.59 Å². The van der Waals surface area contributed by atoms with E-state index in [4.69, 9.17) is 0 Å². The highest BCUT2D eigenvalue weighted by Gasteiger charge is 2.23. The smallest absolute Gasteiger partial charge is 0.260 e. The van der Waals surface area contributed by atoms with Crippen LogP contribution in [0.2, 0.25) is 0 Å². The highest BCUT2D eigenvalue weighted by atomic mass is 32.2. The predicted octanol–water partition coefficient (Wildman–Crippen LogP) is 3.40. The van der Waals surface area contributed by atoms with E-state index in [0.29, 0.717) is 11.2 Å². The molecule has 0 saturated heterocycles. The third-order valence-corrected chi connectivity index (χ3v) is 7.33. The van der Waals surface area contributed by atoms with Crippen molar-refractivity contribution in [1.29, 1.82) is 0 Å². The molecule has 25 heavy (non-hydrogen) atoms. The molecule has 1 fully saturated rings. The Morgan fingerprint density at radius 2 is 2.04 bits per heavy atom. The first-order valence-corrected chi connectivity index (χ1v) is 10.8. The Balaban J connectivity index is 1.53. The summed E-state index contributed by atoms with van der Waals surface area (Å²) in [5.41, 5.74) is 1.14. The Kier molecular flexibility index (Phi) is 4.86. The molecule has 1 amide bonds. The first-order valence-electron chi connectivity index (χ1n) is 9.13. The lowest BCUT2D eigenvalue weighted by molar-refractivity contribution is -0.120. The van der Waals surface area contributed by atoms with Gasteiger partial charge in [0, 0.05) is 10.9 Å². The summed E-state index contributed by atoms with van der Waals surface area (Å²) in [4.78, 5) is 34.6. The summed E-state index contributed by atoms with van der Waals surface area (Å²) in [7, 11) is 0. The quantitative estimate of drug-likeness (QED) is 0.632. The number of aromatic nitrogens is 2. The number of amides is 1. The molecule has 2 N–H and O–H groups in total. The van der Waals surface area contributed by atoms with Crippen LogP contribution in [0.4, 0.5) is 0 Å². The van der Waals surface area contributed by atoms with Crippen LogP contribution in [0.5, 0.6) is 0 Å². The fraction of sp³-hybridized carbons (Fsp3) is 0.611. The average molecular weight is 378 g/mol. The summed E-state index contributed by atoms with van der Waals surface area (Å²) >= 11 is 2.98. The lowest BCUT2D eigenvalue weighted by atomic mass is 9.97. The predicted molar refractivity (Wildman–Crippen MR) is 103 cm³/mol. The number of fused-ring (bicyclic) bond motifs is 3. The van der Waals surface area contributed by atoms with Crippen molar-refractivity contribution in [3.63, 3.8) is 0 Å². The lowest BCUT2D eigenvalue weighted by Gasteiger charge is -2.15. The molecule has 0 aromatic carbocycles. The number of H-pyrrole nitrogens is 1. The molecule has 1 atom stereocenters. The number of hydrogen-bond acceptors (Lipinski definition) is 5. The third kappa shape index (κ3) is 3.49. The normalized spacial score (nSPS) is 19.1. The van der Waals surface area contributed by atoms with Crippen LogP contribution in [-0.4, -0.2) is 27.2 Å². The number of thioether (sulfide) groups is 1. The molecular weight excluding hydrogens is 354 g/mol. The first kappa shape index (κ1) is 17.1. The molecule has 0 radical (unpaired) electrons. The molecule has 2 heterocycles. The second kappa shape index (κ2) is 7.11. The van der Waals surface area contributed by atoms with Crippen molar-refractivity contribution in [2.45, 2.75) is 74.7 Å². The first-order chi connectivity index (χ1) is 12.1. The van der Waals surface area contributed by atoms with E-state index < -0.39 is 0 Å². The van der Waals surface area contributed by atoms with Gasteiger partial charge in [-0.15, -0.1) is 11.3 Å². The largest absolute Gasteiger partial charge is 0.352 e. The van der Waals surface area contributed by atoms with Crippen LogP contribution in [0.1, 0.15) is 55.9 Å². The van der Waals surface area contributed by atoms with Crippen molar-refractivity contribution >= 4 is 39.2 Å². The van der Waals surface area contributed by atoms with Crippen molar-refractivity contribution in [2.24, 2.45) is 0 Å². The SMILES string of the molecule is CC(Sc1nc2sc3c(c2c(=O)[nH]1)CCCC3)C(=O)NC1CCCC1. The van der Waals surface area contributed by atoms with Crippen molar-refractivity contribution in [3.05, 3.63) is 20.8 Å². The van der Waals surface area contributed by atoms with Crippen LogP contribution < -0.4 is 10.9 Å². The standard InChI is InChI=1S/C18H23N3O2S2/c1-10(15(22)19-11-6-2-3-7-11)24-18-20-16(23)14-12-8-4-5-9-13(12)25-17(14)21-18/h10-11H,2-9H2,1H3,(H,19,22)(H,20,21,23). The number of hydrogen-bond donors (Lipinski definition) is 2. The van der Waals surface area contributed by atoms with E-state index in [1.807, 2.05) is 6.92 Å². The maximum absolute atomic E-state index is 12.6. The van der Waals surface area contributed by atoms with E-state index >= 15 is 0 Å². The molecule has 2 aliphatic carbocycles. The summed E-state index contributed by atoms with van der Waals surface area (Å²) in [5.74, 6) is 0.0325. The number of thiophene rings is 1. The number of nitrogens with one attached hydrogen (secondary N) is 2. The maximum Gasteiger partial charge on any atom is 0.260 e. The summed E-state index contributed by atoms with van der Waals surface area (Å²) < 4.78 is 0. The zero-order chi connectivity index (χ0) is 17.4. The molecule has 4 rings (SSSR count). The van der Waals surface area contributed by atoms with Crippen LogP contribution in [-0.2, 0) is 17.6 Å². The average Bonchev–Trinajstić information content (AvgIpc) is 3.21. The molecule has 5 nitrogen and oxygen atoms in total. The minimum atomic E-state index is -0.268. The van der Waals surface area contributed by atoms with Crippen molar-refractivity contribution in [2.75, 3.05) is 0 Å². The van der Waals surface area contributed by atoms with E-state index in [1.165, 1.54) is 41.5 Å². The van der Waals surface area contributed by atoms with Gasteiger partial charge in [-0.1, -0.05) is 24.6 Å². The molecule has 0 bridgehead atoms. The Bertz CT molecular complexity index is 852. The maximum atomic E-state index is 12.6. The monoisotopic (exact) mass is 377 g/mol. The summed E-state index contributed by atoms with van der Waals surface area (Å²) in [5, 5.41) is 4.16. The van der Waals surface area contributed by atoms with Crippen LogP contribution in [0, 0.1) is 0 Å². The molecule has 2 aromatic heterocycles. The van der Waals surface area contributed by atoms with E-state index in [-0.39, 0.29) is 16.7 Å². The number of nitrogens with zero attached hydrogens (tertiary/aromatic N) is 1. The van der Waals surface area contributed by atoms with Gasteiger partial charge in [0.05, 0.1) is 10.6 Å². The Labute approximate surface area is 155 Å². The Morgan fingerprint density at radius 3 is 2.84 bits per heavy atom. The Hall–Kier alpha value is -1.34. The molecule has 0 spiro atoms. The van der Waals surface area contributed by atoms with Crippen molar-refractivity contribution in [3.8, 4) is 0 Å². The number of aromatic amines is 1. The molecule has 1 saturated carbocycles. The van der Waals surface area contributed by atoms with Crippen LogP contribution in [0.3, 0.4) is 0 Å². The third-order valence-electron chi connectivity index (χ3n) is 5.16. The van der Waals surface area contributed by atoms with Crippen LogP contribution in [0.25, 0.3) is 10.2 Å². The van der Waals surface area contributed by atoms with Gasteiger partial charge in [-0.25, -0.2) is 4.98 Å². The zero-order valence-corrected chi connectivity index (χ0v) is 16.0. The molecule has 134 valence electrons. The minimum Gasteiger partial charge on any atom is -0.352 e. The van der Waals surface area contributed by atoms with Gasteiger partial charge in [-0.05, 0) is 51.0 Å². The van der Waals surface area contributed by atoms with Gasteiger partial charge in [-0.2, -0.15) is 0 Å². The van der Waals surface area contributed by atoms with Gasteiger partial charge < -0.3 is 10.3 Å². The molecule has 2 aromatic rings. The summed E-state index contributed by atoms with van der Waals surface area (Å²) in [6.07, 6.45) is 8.91. The number of rotatable bonds is 4. The minimum absolute atomic E-state index is 0.0325. The molecule has 7 heteroatoms. The highest BCUT2D eigenvalue weighted by molar-refractivity contribution is 8.00. The van der Waals surface area contributed by atoms with Crippen molar-refractivity contribution in [1.82, 2.24) is 15.3 Å². The number of carbonyl (C=O) groups excluding carboxylic acids is 1. The van der Waals surface area contributed by atoms with Gasteiger partial charge >= 0.3 is 0 Å². The van der Waals surface area contributed by atoms with Crippen LogP contribution in [0.15, 0.2) is 9.95 Å². The topological polar surface area (TPSA) is 74.8 Å². The summed E-state index contributed by atoms with van der Waals surface area (Å²) in [6, 6.07) is 0.314. The molecular formula is C18H23N3O2S2. The van der Waals surface area contributed by atoms with Gasteiger partial charge in [0.25, 0.3) is 5.56 Å². The summed E-state index contributed by atoms with van der Waals surface area (Å²) in [6.45, 7) is 1.87. The number of carbonyl (C=O) groups is 1. The number of aryl methyl sites for hydroxylation is 2. The molecule has 0 aliphatic heterocycles. The molecule has 2 aliphatic rings. The van der Waals surface area contributed by atoms with E-state index in [0.717, 1.165) is 42.3 Å².